The lowest BCUT2D eigenvalue weighted by atomic mass is 10.2. The number of allylic oxidation sites excluding steroid dienone is 1. The number of nitrogens with one attached hydrogen (secondary N) is 1. The van der Waals surface area contributed by atoms with Gasteiger partial charge in [0.25, 0.3) is 0 Å². The highest BCUT2D eigenvalue weighted by Gasteiger charge is 2.19. The van der Waals surface area contributed by atoms with Gasteiger partial charge in [-0.15, -0.1) is 0 Å². The third-order valence-corrected chi connectivity index (χ3v) is 3.63. The third-order valence-electron chi connectivity index (χ3n) is 3.38. The average molecular weight is 364 g/mol. The summed E-state index contributed by atoms with van der Waals surface area (Å²) in [5.41, 5.74) is 0.751. The number of carboxylic acids is 1. The van der Waals surface area contributed by atoms with Gasteiger partial charge in [0.2, 0.25) is 17.6 Å². The number of hydrogen-bond donors (Lipinski definition) is 2. The van der Waals surface area contributed by atoms with E-state index >= 15 is 0 Å². The van der Waals surface area contributed by atoms with Crippen molar-refractivity contribution in [3.05, 3.63) is 47.3 Å². The van der Waals surface area contributed by atoms with Gasteiger partial charge >= 0.3 is 5.97 Å². The molecule has 2 rings (SSSR count). The van der Waals surface area contributed by atoms with Gasteiger partial charge in [0, 0.05) is 23.4 Å². The van der Waals surface area contributed by atoms with E-state index in [1.807, 2.05) is 0 Å². The van der Waals surface area contributed by atoms with Crippen molar-refractivity contribution < 1.29 is 19.2 Å². The molecule has 1 atom stereocenters. The first-order chi connectivity index (χ1) is 12.0. The average Bonchev–Trinajstić information content (AvgIpc) is 3.06. The van der Waals surface area contributed by atoms with E-state index < -0.39 is 12.0 Å². The minimum atomic E-state index is -1.07. The number of aromatic nitrogens is 2. The van der Waals surface area contributed by atoms with Crippen LogP contribution in [0.4, 0.5) is 0 Å². The van der Waals surface area contributed by atoms with Gasteiger partial charge in [-0.3, -0.25) is 4.79 Å². The molecule has 1 unspecified atom stereocenters. The Hall–Kier alpha value is -2.67. The van der Waals surface area contributed by atoms with Gasteiger partial charge < -0.3 is 14.9 Å². The third kappa shape index (κ3) is 5.72. The van der Waals surface area contributed by atoms with Crippen LogP contribution in [0.25, 0.3) is 11.4 Å². The molecule has 8 heteroatoms. The van der Waals surface area contributed by atoms with Crippen molar-refractivity contribution in [2.45, 2.75) is 32.2 Å². The van der Waals surface area contributed by atoms with E-state index in [4.69, 9.17) is 21.2 Å². The molecule has 0 bridgehead atoms. The lowest BCUT2D eigenvalue weighted by molar-refractivity contribution is -0.141. The van der Waals surface area contributed by atoms with Crippen LogP contribution >= 0.6 is 11.6 Å². The standard InChI is InChI=1S/C17H18ClN3O4/c1-2-3-4-13(17(23)24)19-14(22)9-10-15-20-16(21-25-15)11-5-7-12(18)8-6-11/h2-3,5-8,13H,4,9-10H2,1H3,(H,19,22)(H,23,24)/b3-2+. The van der Waals surface area contributed by atoms with Gasteiger partial charge in [0.05, 0.1) is 0 Å². The fraction of sp³-hybridized carbons (Fsp3) is 0.294. The minimum absolute atomic E-state index is 0.0574. The molecular formula is C17H18ClN3O4. The van der Waals surface area contributed by atoms with Crippen molar-refractivity contribution in [1.29, 1.82) is 0 Å². The predicted octanol–water partition coefficient (Wildman–Crippen LogP) is 2.86. The largest absolute Gasteiger partial charge is 0.480 e. The zero-order chi connectivity index (χ0) is 18.2. The number of carbonyl (C=O) groups excluding carboxylic acids is 1. The molecule has 1 heterocycles. The van der Waals surface area contributed by atoms with E-state index in [0.717, 1.165) is 5.56 Å². The van der Waals surface area contributed by atoms with E-state index in [-0.39, 0.29) is 25.2 Å². The lowest BCUT2D eigenvalue weighted by Gasteiger charge is -2.11. The molecule has 25 heavy (non-hydrogen) atoms. The number of nitrogens with zero attached hydrogens (tertiary/aromatic N) is 2. The normalized spacial score (nSPS) is 12.2. The van der Waals surface area contributed by atoms with E-state index in [2.05, 4.69) is 15.5 Å². The lowest BCUT2D eigenvalue weighted by Crippen LogP contribution is -2.40. The number of carbonyl (C=O) groups is 2. The van der Waals surface area contributed by atoms with Crippen molar-refractivity contribution in [2.75, 3.05) is 0 Å². The minimum Gasteiger partial charge on any atom is -0.480 e. The number of amides is 1. The SMILES string of the molecule is C/C=C/CC(NC(=O)CCc1nc(-c2ccc(Cl)cc2)no1)C(=O)O. The number of carboxylic acid groups (broad SMARTS) is 1. The first kappa shape index (κ1) is 18.7. The number of rotatable bonds is 8. The zero-order valence-corrected chi connectivity index (χ0v) is 14.4. The van der Waals surface area contributed by atoms with Crippen LogP contribution in [-0.2, 0) is 16.0 Å². The molecule has 132 valence electrons. The summed E-state index contributed by atoms with van der Waals surface area (Å²) < 4.78 is 5.12. The Labute approximate surface area is 149 Å². The fourth-order valence-corrected chi connectivity index (χ4v) is 2.18. The highest BCUT2D eigenvalue weighted by molar-refractivity contribution is 6.30. The van der Waals surface area contributed by atoms with Gasteiger partial charge in [0.15, 0.2) is 0 Å². The summed E-state index contributed by atoms with van der Waals surface area (Å²) in [7, 11) is 0. The Bertz CT molecular complexity index is 756. The Balaban J connectivity index is 1.89. The molecule has 7 nitrogen and oxygen atoms in total. The van der Waals surface area contributed by atoms with Crippen LogP contribution in [0.3, 0.4) is 0 Å². The summed E-state index contributed by atoms with van der Waals surface area (Å²) in [6, 6.07) is 6.02. The van der Waals surface area contributed by atoms with E-state index in [1.165, 1.54) is 0 Å². The smallest absolute Gasteiger partial charge is 0.326 e. The topological polar surface area (TPSA) is 105 Å². The Morgan fingerprint density at radius 1 is 1.36 bits per heavy atom. The summed E-state index contributed by atoms with van der Waals surface area (Å²) in [6.07, 6.45) is 3.94. The maximum absolute atomic E-state index is 11.9. The second kappa shape index (κ2) is 8.98. The Kier molecular flexibility index (Phi) is 6.71. The number of aliphatic carboxylic acids is 1. The summed E-state index contributed by atoms with van der Waals surface area (Å²) in [6.45, 7) is 1.79. The molecule has 0 aliphatic heterocycles. The molecule has 0 radical (unpaired) electrons. The number of hydrogen-bond acceptors (Lipinski definition) is 5. The van der Waals surface area contributed by atoms with Crippen LogP contribution in [0.5, 0.6) is 0 Å². The van der Waals surface area contributed by atoms with Crippen molar-refractivity contribution in [1.82, 2.24) is 15.5 Å². The molecule has 2 N–H and O–H groups in total. The molecule has 0 aliphatic carbocycles. The molecule has 1 amide bonds. The van der Waals surface area contributed by atoms with Crippen LogP contribution in [0, 0.1) is 0 Å². The van der Waals surface area contributed by atoms with E-state index in [1.54, 1.807) is 43.3 Å². The van der Waals surface area contributed by atoms with Gasteiger partial charge in [-0.1, -0.05) is 28.9 Å². The van der Waals surface area contributed by atoms with Crippen molar-refractivity contribution in [3.63, 3.8) is 0 Å². The predicted molar refractivity (Wildman–Crippen MR) is 92.1 cm³/mol. The van der Waals surface area contributed by atoms with Gasteiger partial charge in [-0.25, -0.2) is 4.79 Å². The van der Waals surface area contributed by atoms with Gasteiger partial charge in [-0.2, -0.15) is 4.98 Å². The highest BCUT2D eigenvalue weighted by Crippen LogP contribution is 2.18. The maximum atomic E-state index is 11.9. The highest BCUT2D eigenvalue weighted by atomic mass is 35.5. The maximum Gasteiger partial charge on any atom is 0.326 e. The van der Waals surface area contributed by atoms with Crippen LogP contribution in [0.15, 0.2) is 40.9 Å². The number of halogens is 1. The fourth-order valence-electron chi connectivity index (χ4n) is 2.05. The molecule has 0 saturated carbocycles. The van der Waals surface area contributed by atoms with E-state index in [9.17, 15) is 9.59 Å². The summed E-state index contributed by atoms with van der Waals surface area (Å²) in [5.74, 6) is -0.749. The van der Waals surface area contributed by atoms with Gasteiger partial charge in [0.1, 0.15) is 6.04 Å². The second-order valence-corrected chi connectivity index (χ2v) is 5.72. The molecule has 0 spiro atoms. The first-order valence-electron chi connectivity index (χ1n) is 7.71. The van der Waals surface area contributed by atoms with E-state index in [0.29, 0.717) is 16.7 Å². The van der Waals surface area contributed by atoms with Gasteiger partial charge in [-0.05, 0) is 37.6 Å². The molecule has 1 aromatic heterocycles. The van der Waals surface area contributed by atoms with Crippen LogP contribution in [0.1, 0.15) is 25.7 Å². The molecule has 0 aliphatic rings. The van der Waals surface area contributed by atoms with Crippen molar-refractivity contribution in [3.8, 4) is 11.4 Å². The molecule has 1 aromatic carbocycles. The zero-order valence-electron chi connectivity index (χ0n) is 13.6. The van der Waals surface area contributed by atoms with Crippen LogP contribution in [0.2, 0.25) is 5.02 Å². The number of aryl methyl sites for hydroxylation is 1. The van der Waals surface area contributed by atoms with Crippen LogP contribution in [-0.4, -0.2) is 33.2 Å². The Morgan fingerprint density at radius 2 is 2.08 bits per heavy atom. The monoisotopic (exact) mass is 363 g/mol. The molecule has 0 fully saturated rings. The quantitative estimate of drug-likeness (QED) is 0.698. The number of benzene rings is 1. The second-order valence-electron chi connectivity index (χ2n) is 5.28. The van der Waals surface area contributed by atoms with Crippen molar-refractivity contribution in [2.24, 2.45) is 0 Å². The summed E-state index contributed by atoms with van der Waals surface area (Å²) in [5, 5.41) is 16.0. The molecule has 2 aromatic rings. The summed E-state index contributed by atoms with van der Waals surface area (Å²) >= 11 is 5.83. The summed E-state index contributed by atoms with van der Waals surface area (Å²) in [4.78, 5) is 27.2. The Morgan fingerprint density at radius 3 is 2.72 bits per heavy atom. The molecule has 0 saturated heterocycles. The molecular weight excluding hydrogens is 346 g/mol. The van der Waals surface area contributed by atoms with Crippen LogP contribution < -0.4 is 5.32 Å². The van der Waals surface area contributed by atoms with Crippen molar-refractivity contribution >= 4 is 23.5 Å². The first-order valence-corrected chi connectivity index (χ1v) is 8.09.